The third-order valence-corrected chi connectivity index (χ3v) is 5.60. The van der Waals surface area contributed by atoms with Crippen LogP contribution in [0.25, 0.3) is 0 Å². The number of nitrogens with one attached hydrogen (secondary N) is 1. The molecule has 2 aliphatic rings. The number of hydrogen-bond acceptors (Lipinski definition) is 7. The van der Waals surface area contributed by atoms with Gasteiger partial charge in [-0.2, -0.15) is 0 Å². The Kier molecular flexibility index (Phi) is 5.84. The van der Waals surface area contributed by atoms with Crippen LogP contribution in [0.1, 0.15) is 61.3 Å². The average molecular weight is 404 g/mol. The number of anilines is 1. The van der Waals surface area contributed by atoms with Crippen LogP contribution in [0.3, 0.4) is 0 Å². The maximum Gasteiger partial charge on any atom is 0.498 e. The molecule has 8 nitrogen and oxygen atoms in total. The van der Waals surface area contributed by atoms with E-state index < -0.39 is 23.9 Å². The van der Waals surface area contributed by atoms with Crippen molar-refractivity contribution in [1.29, 1.82) is 0 Å². The van der Waals surface area contributed by atoms with Crippen LogP contribution in [0.2, 0.25) is 0 Å². The summed E-state index contributed by atoms with van der Waals surface area (Å²) in [6.45, 7) is 15.0. The summed E-state index contributed by atoms with van der Waals surface area (Å²) in [5.41, 5.74) is -0.513. The van der Waals surface area contributed by atoms with Gasteiger partial charge in [-0.05, 0) is 61.3 Å². The van der Waals surface area contributed by atoms with E-state index in [1.165, 1.54) is 0 Å². The fourth-order valence-corrected chi connectivity index (χ4v) is 3.28. The van der Waals surface area contributed by atoms with Crippen molar-refractivity contribution < 1.29 is 18.8 Å². The first-order valence-electron chi connectivity index (χ1n) is 10.3. The summed E-state index contributed by atoms with van der Waals surface area (Å²) in [6, 6.07) is 0.0824. The molecule has 1 atom stereocenters. The standard InChI is InChI=1S/C20H33BN4O4/c1-18(2,3)27-17(26)25-10-8-9-15(13-25)24-16-22-11-14(12-23-16)21-28-19(4,5)20(6,7)29-21/h11-12,15H,8-10,13H2,1-7H3,(H,22,23,24)/t15-/m1/s1. The van der Waals surface area contributed by atoms with Crippen LogP contribution in [0.15, 0.2) is 12.4 Å². The summed E-state index contributed by atoms with van der Waals surface area (Å²) < 4.78 is 17.6. The SMILES string of the molecule is CC(C)(C)OC(=O)N1CCC[C@@H](Nc2ncc(B3OC(C)(C)C(C)(C)O3)cn2)C1. The van der Waals surface area contributed by atoms with Gasteiger partial charge in [0.2, 0.25) is 5.95 Å². The minimum absolute atomic E-state index is 0.0824. The van der Waals surface area contributed by atoms with E-state index in [0.29, 0.717) is 19.0 Å². The van der Waals surface area contributed by atoms with E-state index in [4.69, 9.17) is 14.0 Å². The highest BCUT2D eigenvalue weighted by atomic mass is 16.7. The van der Waals surface area contributed by atoms with Crippen molar-refractivity contribution in [3.8, 4) is 0 Å². The van der Waals surface area contributed by atoms with Gasteiger partial charge in [0.1, 0.15) is 5.60 Å². The maximum absolute atomic E-state index is 12.3. The zero-order valence-electron chi connectivity index (χ0n) is 18.6. The molecule has 3 heterocycles. The van der Waals surface area contributed by atoms with Crippen molar-refractivity contribution in [1.82, 2.24) is 14.9 Å². The van der Waals surface area contributed by atoms with Crippen LogP contribution in [0.4, 0.5) is 10.7 Å². The van der Waals surface area contributed by atoms with Crippen LogP contribution >= 0.6 is 0 Å². The van der Waals surface area contributed by atoms with E-state index in [0.717, 1.165) is 18.3 Å². The van der Waals surface area contributed by atoms with E-state index in [-0.39, 0.29) is 12.1 Å². The van der Waals surface area contributed by atoms with Gasteiger partial charge in [0.25, 0.3) is 0 Å². The van der Waals surface area contributed by atoms with E-state index in [1.54, 1.807) is 17.3 Å². The molecule has 2 fully saturated rings. The van der Waals surface area contributed by atoms with Gasteiger partial charge < -0.3 is 24.3 Å². The molecule has 29 heavy (non-hydrogen) atoms. The topological polar surface area (TPSA) is 85.8 Å². The molecule has 9 heteroatoms. The predicted octanol–water partition coefficient (Wildman–Crippen LogP) is 2.59. The lowest BCUT2D eigenvalue weighted by atomic mass is 9.81. The quantitative estimate of drug-likeness (QED) is 0.775. The van der Waals surface area contributed by atoms with Crippen molar-refractivity contribution >= 4 is 24.6 Å². The van der Waals surface area contributed by atoms with Gasteiger partial charge >= 0.3 is 13.2 Å². The molecule has 0 saturated carbocycles. The molecule has 0 unspecified atom stereocenters. The van der Waals surface area contributed by atoms with E-state index in [1.807, 2.05) is 48.5 Å². The van der Waals surface area contributed by atoms with Crippen LogP contribution < -0.4 is 10.8 Å². The molecule has 0 spiro atoms. The van der Waals surface area contributed by atoms with Crippen LogP contribution in [-0.4, -0.2) is 64.0 Å². The van der Waals surface area contributed by atoms with Gasteiger partial charge in [0, 0.05) is 37.0 Å². The Hall–Kier alpha value is -1.87. The number of likely N-dealkylation sites (tertiary alicyclic amines) is 1. The molecule has 1 aromatic heterocycles. The van der Waals surface area contributed by atoms with Gasteiger partial charge in [0.15, 0.2) is 0 Å². The second-order valence-corrected chi connectivity index (χ2v) is 9.84. The highest BCUT2D eigenvalue weighted by molar-refractivity contribution is 6.61. The van der Waals surface area contributed by atoms with Crippen molar-refractivity contribution in [3.63, 3.8) is 0 Å². The summed E-state index contributed by atoms with van der Waals surface area (Å²) in [5.74, 6) is 0.529. The van der Waals surface area contributed by atoms with Crippen LogP contribution in [0, 0.1) is 0 Å². The molecule has 1 amide bonds. The molecule has 2 saturated heterocycles. The number of rotatable bonds is 3. The average Bonchev–Trinajstić information content (AvgIpc) is 2.82. The molecule has 2 aliphatic heterocycles. The number of hydrogen-bond donors (Lipinski definition) is 1. The summed E-state index contributed by atoms with van der Waals surface area (Å²) >= 11 is 0. The lowest BCUT2D eigenvalue weighted by molar-refractivity contribution is 0.00578. The van der Waals surface area contributed by atoms with Crippen molar-refractivity contribution in [2.45, 2.75) is 84.2 Å². The summed E-state index contributed by atoms with van der Waals surface area (Å²) in [4.78, 5) is 22.9. The zero-order valence-corrected chi connectivity index (χ0v) is 18.6. The highest BCUT2D eigenvalue weighted by Crippen LogP contribution is 2.36. The number of amides is 1. The first-order valence-corrected chi connectivity index (χ1v) is 10.3. The van der Waals surface area contributed by atoms with Gasteiger partial charge in [0.05, 0.1) is 11.2 Å². The summed E-state index contributed by atoms with van der Waals surface area (Å²) in [6.07, 6.45) is 5.03. The Morgan fingerprint density at radius 2 is 1.79 bits per heavy atom. The molecule has 0 aromatic carbocycles. The van der Waals surface area contributed by atoms with E-state index >= 15 is 0 Å². The van der Waals surface area contributed by atoms with Crippen molar-refractivity contribution in [3.05, 3.63) is 12.4 Å². The Balaban J connectivity index is 1.58. The number of aromatic nitrogens is 2. The maximum atomic E-state index is 12.3. The van der Waals surface area contributed by atoms with E-state index in [9.17, 15) is 4.79 Å². The molecule has 0 radical (unpaired) electrons. The number of carbonyl (C=O) groups is 1. The molecule has 160 valence electrons. The molecule has 3 rings (SSSR count). The Morgan fingerprint density at radius 3 is 2.34 bits per heavy atom. The molecule has 1 N–H and O–H groups in total. The smallest absolute Gasteiger partial charge is 0.444 e. The van der Waals surface area contributed by atoms with Gasteiger partial charge in [-0.25, -0.2) is 14.8 Å². The van der Waals surface area contributed by atoms with Crippen LogP contribution in [-0.2, 0) is 14.0 Å². The van der Waals surface area contributed by atoms with E-state index in [2.05, 4.69) is 15.3 Å². The first-order chi connectivity index (χ1) is 13.4. The Morgan fingerprint density at radius 1 is 1.21 bits per heavy atom. The molecule has 0 bridgehead atoms. The number of piperidine rings is 1. The summed E-state index contributed by atoms with van der Waals surface area (Å²) in [5, 5.41) is 3.33. The van der Waals surface area contributed by atoms with Crippen molar-refractivity contribution in [2.24, 2.45) is 0 Å². The van der Waals surface area contributed by atoms with Crippen LogP contribution in [0.5, 0.6) is 0 Å². The number of carbonyl (C=O) groups excluding carboxylic acids is 1. The first kappa shape index (κ1) is 21.8. The zero-order chi connectivity index (χ0) is 21.4. The van der Waals surface area contributed by atoms with Gasteiger partial charge in [-0.1, -0.05) is 0 Å². The number of nitrogens with zero attached hydrogens (tertiary/aromatic N) is 3. The van der Waals surface area contributed by atoms with Gasteiger partial charge in [-0.15, -0.1) is 0 Å². The fraction of sp³-hybridized carbons (Fsp3) is 0.750. The minimum Gasteiger partial charge on any atom is -0.444 e. The molecule has 0 aliphatic carbocycles. The second-order valence-electron chi connectivity index (χ2n) is 9.84. The third-order valence-electron chi connectivity index (χ3n) is 5.60. The predicted molar refractivity (Wildman–Crippen MR) is 112 cm³/mol. The lowest BCUT2D eigenvalue weighted by Gasteiger charge is -2.34. The van der Waals surface area contributed by atoms with Gasteiger partial charge in [-0.3, -0.25) is 0 Å². The molecule has 1 aromatic rings. The summed E-state index contributed by atoms with van der Waals surface area (Å²) in [7, 11) is -0.480. The monoisotopic (exact) mass is 404 g/mol. The number of ether oxygens (including phenoxy) is 1. The third kappa shape index (κ3) is 5.19. The second kappa shape index (κ2) is 7.76. The largest absolute Gasteiger partial charge is 0.498 e. The molecular formula is C20H33BN4O4. The highest BCUT2D eigenvalue weighted by Gasteiger charge is 2.52. The van der Waals surface area contributed by atoms with Crippen molar-refractivity contribution in [2.75, 3.05) is 18.4 Å². The Labute approximate surface area is 173 Å². The molecular weight excluding hydrogens is 371 g/mol. The normalized spacial score (nSPS) is 23.8. The fourth-order valence-electron chi connectivity index (χ4n) is 3.28. The minimum atomic E-state index is -0.496. The lowest BCUT2D eigenvalue weighted by Crippen LogP contribution is -2.47. The Bertz CT molecular complexity index is 717.